The lowest BCUT2D eigenvalue weighted by atomic mass is 10.1. The molecule has 2 aliphatic rings. The van der Waals surface area contributed by atoms with Gasteiger partial charge in [0.05, 0.1) is 30.7 Å². The Hall–Kier alpha value is -3.30. The van der Waals surface area contributed by atoms with Crippen LogP contribution in [-0.4, -0.2) is 46.1 Å². The van der Waals surface area contributed by atoms with E-state index in [4.69, 9.17) is 4.74 Å². The van der Waals surface area contributed by atoms with E-state index in [0.717, 1.165) is 4.90 Å². The summed E-state index contributed by atoms with van der Waals surface area (Å²) < 4.78 is 35.9. The minimum Gasteiger partial charge on any atom is -0.442 e. The first kappa shape index (κ1) is 17.1. The van der Waals surface area contributed by atoms with Gasteiger partial charge < -0.3 is 9.64 Å². The van der Waals surface area contributed by atoms with Crippen LogP contribution < -0.4 is 9.80 Å². The first-order valence-corrected chi connectivity index (χ1v) is 8.31. The van der Waals surface area contributed by atoms with Crippen molar-refractivity contribution in [3.63, 3.8) is 0 Å². The highest BCUT2D eigenvalue weighted by Crippen LogP contribution is 2.32. The Kier molecular flexibility index (Phi) is 4.30. The molecule has 27 heavy (non-hydrogen) atoms. The number of ether oxygens (including phenoxy) is 1. The van der Waals surface area contributed by atoms with Crippen molar-refractivity contribution in [3.05, 3.63) is 48.4 Å². The number of rotatable bonds is 4. The summed E-state index contributed by atoms with van der Waals surface area (Å²) in [5, 5.41) is 7.45. The lowest BCUT2D eigenvalue weighted by molar-refractivity contribution is -0.114. The van der Waals surface area contributed by atoms with Crippen molar-refractivity contribution in [2.24, 2.45) is 0 Å². The number of amides is 1. The highest BCUT2D eigenvalue weighted by Gasteiger charge is 2.35. The van der Waals surface area contributed by atoms with Crippen LogP contribution >= 0.6 is 0 Å². The number of halogens is 2. The fourth-order valence-electron chi connectivity index (χ4n) is 3.07. The molecule has 0 N–H and O–H groups in total. The van der Waals surface area contributed by atoms with Crippen LogP contribution in [0.2, 0.25) is 0 Å². The molecule has 3 heterocycles. The molecule has 1 fully saturated rings. The second-order valence-electron chi connectivity index (χ2n) is 6.20. The molecule has 10 heteroatoms. The van der Waals surface area contributed by atoms with Gasteiger partial charge in [-0.05, 0) is 18.2 Å². The predicted octanol–water partition coefficient (Wildman–Crippen LogP) is 1.87. The molecule has 1 atom stereocenters. The van der Waals surface area contributed by atoms with E-state index in [2.05, 4.69) is 10.3 Å². The quantitative estimate of drug-likeness (QED) is 0.812. The molecule has 0 radical (unpaired) electrons. The van der Waals surface area contributed by atoms with E-state index < -0.39 is 23.8 Å². The highest BCUT2D eigenvalue weighted by molar-refractivity contribution is 5.92. The minimum absolute atomic E-state index is 0.00623. The van der Waals surface area contributed by atoms with Crippen LogP contribution in [-0.2, 0) is 16.1 Å². The van der Waals surface area contributed by atoms with Crippen molar-refractivity contribution >= 4 is 23.3 Å². The third-order valence-electron chi connectivity index (χ3n) is 4.42. The molecule has 4 rings (SSSR count). The van der Waals surface area contributed by atoms with Crippen molar-refractivity contribution in [3.8, 4) is 0 Å². The summed E-state index contributed by atoms with van der Waals surface area (Å²) in [6, 6.07) is 2.71. The average molecular weight is 375 g/mol. The van der Waals surface area contributed by atoms with Gasteiger partial charge in [-0.2, -0.15) is 0 Å². The lowest BCUT2D eigenvalue weighted by Gasteiger charge is -2.24. The Morgan fingerprint density at radius 2 is 1.96 bits per heavy atom. The van der Waals surface area contributed by atoms with Crippen LogP contribution in [0.1, 0.15) is 6.42 Å². The Bertz CT molecular complexity index is 916. The van der Waals surface area contributed by atoms with E-state index in [-0.39, 0.29) is 43.2 Å². The second-order valence-corrected chi connectivity index (χ2v) is 6.20. The van der Waals surface area contributed by atoms with Gasteiger partial charge in [0, 0.05) is 25.4 Å². The standard InChI is InChI=1S/C17H15F2N5O3/c18-15-13(22-6-3-11(25)4-7-22)1-2-14(16(15)19)24-10-12(27-17(24)26)9-23-8-5-20-21-23/h1-3,5-6,8,12H,4,7,9-10H2. The number of cyclic esters (lactones) is 1. The Balaban J connectivity index is 1.55. The summed E-state index contributed by atoms with van der Waals surface area (Å²) >= 11 is 0. The summed E-state index contributed by atoms with van der Waals surface area (Å²) in [6.45, 7) is 0.584. The van der Waals surface area contributed by atoms with Crippen molar-refractivity contribution in [2.45, 2.75) is 19.1 Å². The molecule has 2 aromatic rings. The maximum Gasteiger partial charge on any atom is 0.414 e. The predicted molar refractivity (Wildman–Crippen MR) is 90.1 cm³/mol. The van der Waals surface area contributed by atoms with Gasteiger partial charge in [-0.25, -0.2) is 18.3 Å². The third kappa shape index (κ3) is 3.25. The van der Waals surface area contributed by atoms with Crippen molar-refractivity contribution in [1.82, 2.24) is 15.0 Å². The number of allylic oxidation sites excluding steroid dienone is 1. The molecular weight excluding hydrogens is 360 g/mol. The topological polar surface area (TPSA) is 80.6 Å². The smallest absolute Gasteiger partial charge is 0.414 e. The van der Waals surface area contributed by atoms with Gasteiger partial charge in [0.25, 0.3) is 0 Å². The zero-order chi connectivity index (χ0) is 19.0. The van der Waals surface area contributed by atoms with Gasteiger partial charge >= 0.3 is 6.09 Å². The Labute approximate surface area is 152 Å². The molecule has 1 aromatic carbocycles. The number of nitrogens with zero attached hydrogens (tertiary/aromatic N) is 5. The number of hydrogen-bond donors (Lipinski definition) is 0. The zero-order valence-corrected chi connectivity index (χ0v) is 14.1. The van der Waals surface area contributed by atoms with Crippen molar-refractivity contribution in [2.75, 3.05) is 22.9 Å². The van der Waals surface area contributed by atoms with Gasteiger partial charge in [0.1, 0.15) is 6.10 Å². The number of anilines is 2. The van der Waals surface area contributed by atoms with Crippen LogP contribution in [0.15, 0.2) is 36.8 Å². The van der Waals surface area contributed by atoms with Crippen molar-refractivity contribution in [1.29, 1.82) is 0 Å². The maximum absolute atomic E-state index is 14.7. The Morgan fingerprint density at radius 3 is 2.67 bits per heavy atom. The maximum atomic E-state index is 14.7. The SMILES string of the molecule is O=C1C=CN(c2ccc(N3CC(Cn4ccnn4)OC3=O)c(F)c2F)CC1. The summed E-state index contributed by atoms with van der Waals surface area (Å²) in [5.74, 6) is -2.29. The highest BCUT2D eigenvalue weighted by atomic mass is 19.2. The van der Waals surface area contributed by atoms with E-state index >= 15 is 0 Å². The molecule has 0 saturated carbocycles. The average Bonchev–Trinajstić information content (AvgIpc) is 3.28. The van der Waals surface area contributed by atoms with E-state index in [0.29, 0.717) is 0 Å². The fraction of sp³-hybridized carbons (Fsp3) is 0.294. The number of ketones is 1. The largest absolute Gasteiger partial charge is 0.442 e. The van der Waals surface area contributed by atoms with Crippen LogP contribution in [0.3, 0.4) is 0 Å². The van der Waals surface area contributed by atoms with Gasteiger partial charge in [-0.15, -0.1) is 5.10 Å². The molecule has 0 bridgehead atoms. The van der Waals surface area contributed by atoms with E-state index in [9.17, 15) is 18.4 Å². The van der Waals surface area contributed by atoms with Crippen LogP contribution in [0, 0.1) is 11.6 Å². The third-order valence-corrected chi connectivity index (χ3v) is 4.42. The van der Waals surface area contributed by atoms with Gasteiger partial charge in [0.15, 0.2) is 17.4 Å². The molecule has 1 amide bonds. The van der Waals surface area contributed by atoms with Gasteiger partial charge in [-0.3, -0.25) is 9.69 Å². The molecule has 1 saturated heterocycles. The molecule has 8 nitrogen and oxygen atoms in total. The molecule has 1 unspecified atom stereocenters. The number of carbonyl (C=O) groups excluding carboxylic acids is 2. The molecule has 2 aliphatic heterocycles. The molecule has 0 aliphatic carbocycles. The normalized spacial score (nSPS) is 19.7. The second kappa shape index (κ2) is 6.78. The van der Waals surface area contributed by atoms with E-state index in [1.807, 2.05) is 0 Å². The summed E-state index contributed by atoms with van der Waals surface area (Å²) in [6.07, 6.45) is 4.75. The number of benzene rings is 1. The van der Waals surface area contributed by atoms with Crippen LogP contribution in [0.4, 0.5) is 25.0 Å². The lowest BCUT2D eigenvalue weighted by Crippen LogP contribution is -2.28. The van der Waals surface area contributed by atoms with Gasteiger partial charge in [-0.1, -0.05) is 5.21 Å². The molecule has 0 spiro atoms. The van der Waals surface area contributed by atoms with E-state index in [1.54, 1.807) is 6.20 Å². The molecule has 1 aromatic heterocycles. The van der Waals surface area contributed by atoms with Crippen molar-refractivity contribution < 1.29 is 23.1 Å². The summed E-state index contributed by atoms with van der Waals surface area (Å²) in [5.41, 5.74) is -0.189. The first-order chi connectivity index (χ1) is 13.0. The van der Waals surface area contributed by atoms with E-state index in [1.165, 1.54) is 40.2 Å². The van der Waals surface area contributed by atoms with Crippen LogP contribution in [0.25, 0.3) is 0 Å². The number of hydrogen-bond acceptors (Lipinski definition) is 6. The summed E-state index contributed by atoms with van der Waals surface area (Å²) in [4.78, 5) is 25.9. The minimum atomic E-state index is -1.14. The van der Waals surface area contributed by atoms with Gasteiger partial charge in [0.2, 0.25) is 0 Å². The molecular formula is C17H15F2N5O3. The first-order valence-electron chi connectivity index (χ1n) is 8.31. The Morgan fingerprint density at radius 1 is 1.19 bits per heavy atom. The monoisotopic (exact) mass is 375 g/mol. The number of aromatic nitrogens is 3. The van der Waals surface area contributed by atoms with Crippen LogP contribution in [0.5, 0.6) is 0 Å². The number of carbonyl (C=O) groups is 2. The zero-order valence-electron chi connectivity index (χ0n) is 14.1. The molecule has 140 valence electrons. The fourth-order valence-corrected chi connectivity index (χ4v) is 3.07. The summed E-state index contributed by atoms with van der Waals surface area (Å²) in [7, 11) is 0.